The van der Waals surface area contributed by atoms with E-state index < -0.39 is 10.8 Å². The predicted molar refractivity (Wildman–Crippen MR) is 61.1 cm³/mol. The zero-order valence-electron chi connectivity index (χ0n) is 8.78. The van der Waals surface area contributed by atoms with Crippen LogP contribution >= 0.6 is 0 Å². The predicted octanol–water partition coefficient (Wildman–Crippen LogP) is 1.05. The van der Waals surface area contributed by atoms with Gasteiger partial charge in [-0.1, -0.05) is 0 Å². The first-order valence-corrected chi connectivity index (χ1v) is 6.28. The van der Waals surface area contributed by atoms with Gasteiger partial charge in [0.1, 0.15) is 11.9 Å². The van der Waals surface area contributed by atoms with Gasteiger partial charge in [-0.25, -0.2) is 4.98 Å². The number of rotatable bonds is 4. The zero-order chi connectivity index (χ0) is 11.3. The summed E-state index contributed by atoms with van der Waals surface area (Å²) in [5.74, 6) is 1.13. The Kier molecular flexibility index (Phi) is 4.25. The minimum atomic E-state index is -0.826. The molecule has 1 aromatic heterocycles. The second kappa shape index (κ2) is 5.47. The van der Waals surface area contributed by atoms with E-state index >= 15 is 0 Å². The highest BCUT2D eigenvalue weighted by molar-refractivity contribution is 7.84. The lowest BCUT2D eigenvalue weighted by Gasteiger charge is -2.06. The molecule has 4 nitrogen and oxygen atoms in total. The molecule has 0 amide bonds. The monoisotopic (exact) mass is 223 g/mol. The first-order chi connectivity index (χ1) is 7.13. The van der Waals surface area contributed by atoms with Gasteiger partial charge in [0.25, 0.3) is 0 Å². The quantitative estimate of drug-likeness (QED) is 0.828. The fraction of sp³-hybridized carbons (Fsp3) is 0.400. The average molecular weight is 223 g/mol. The number of aromatic nitrogens is 1. The summed E-state index contributed by atoms with van der Waals surface area (Å²) in [4.78, 5) is 4.21. The molecule has 1 N–H and O–H groups in total. The summed E-state index contributed by atoms with van der Waals surface area (Å²) in [7, 11) is -0.826. The van der Waals surface area contributed by atoms with Gasteiger partial charge in [0, 0.05) is 35.0 Å². The Bertz CT molecular complexity index is 412. The van der Waals surface area contributed by atoms with Crippen molar-refractivity contribution < 1.29 is 4.21 Å². The Morgan fingerprint density at radius 1 is 1.60 bits per heavy atom. The molecule has 0 radical (unpaired) electrons. The molecule has 0 aliphatic carbocycles. The highest BCUT2D eigenvalue weighted by Crippen LogP contribution is 2.11. The average Bonchev–Trinajstić information content (AvgIpc) is 2.17. The molecule has 80 valence electrons. The number of anilines is 1. The number of aryl methyl sites for hydroxylation is 1. The van der Waals surface area contributed by atoms with E-state index in [-0.39, 0.29) is 0 Å². The van der Waals surface area contributed by atoms with E-state index in [0.717, 1.165) is 5.69 Å². The van der Waals surface area contributed by atoms with Gasteiger partial charge in [-0.3, -0.25) is 4.21 Å². The molecular weight excluding hydrogens is 210 g/mol. The standard InChI is InChI=1S/C10H13N3OS/c1-8-3-4-9(7-11)10(13-8)12-5-6-15(2)14/h3-4H,5-6H2,1-2H3,(H,12,13). The fourth-order valence-corrected chi connectivity index (χ4v) is 1.48. The molecule has 0 aromatic carbocycles. The van der Waals surface area contributed by atoms with E-state index in [2.05, 4.69) is 16.4 Å². The third-order valence-electron chi connectivity index (χ3n) is 1.84. The van der Waals surface area contributed by atoms with Crippen LogP contribution in [-0.2, 0) is 10.8 Å². The van der Waals surface area contributed by atoms with Gasteiger partial charge in [-0.15, -0.1) is 0 Å². The molecular formula is C10H13N3OS. The number of hydrogen-bond donors (Lipinski definition) is 1. The molecule has 15 heavy (non-hydrogen) atoms. The van der Waals surface area contributed by atoms with Crippen molar-refractivity contribution in [3.8, 4) is 6.07 Å². The van der Waals surface area contributed by atoms with Crippen molar-refractivity contribution in [3.05, 3.63) is 23.4 Å². The Morgan fingerprint density at radius 2 is 2.33 bits per heavy atom. The second-order valence-corrected chi connectivity index (χ2v) is 4.72. The van der Waals surface area contributed by atoms with Crippen molar-refractivity contribution in [2.45, 2.75) is 6.92 Å². The van der Waals surface area contributed by atoms with Gasteiger partial charge in [-0.2, -0.15) is 5.26 Å². The van der Waals surface area contributed by atoms with Crippen LogP contribution in [0.2, 0.25) is 0 Å². The maximum Gasteiger partial charge on any atom is 0.144 e. The SMILES string of the molecule is Cc1ccc(C#N)c(NCCS(C)=O)n1. The first kappa shape index (κ1) is 11.7. The van der Waals surface area contributed by atoms with Crippen molar-refractivity contribution in [2.75, 3.05) is 23.9 Å². The molecule has 1 heterocycles. The highest BCUT2D eigenvalue weighted by atomic mass is 32.2. The summed E-state index contributed by atoms with van der Waals surface area (Å²) in [6.45, 7) is 2.43. The second-order valence-electron chi connectivity index (χ2n) is 3.16. The molecule has 0 spiro atoms. The van der Waals surface area contributed by atoms with Gasteiger partial charge < -0.3 is 5.32 Å². The number of hydrogen-bond acceptors (Lipinski definition) is 4. The van der Waals surface area contributed by atoms with Crippen LogP contribution in [0.3, 0.4) is 0 Å². The van der Waals surface area contributed by atoms with E-state index in [0.29, 0.717) is 23.7 Å². The summed E-state index contributed by atoms with van der Waals surface area (Å²) < 4.78 is 10.8. The Labute approximate surface area is 91.8 Å². The van der Waals surface area contributed by atoms with Crippen LogP contribution in [0.15, 0.2) is 12.1 Å². The van der Waals surface area contributed by atoms with Gasteiger partial charge in [-0.05, 0) is 19.1 Å². The minimum absolute atomic E-state index is 0.516. The summed E-state index contributed by atoms with van der Waals surface area (Å²) in [5.41, 5.74) is 1.37. The van der Waals surface area contributed by atoms with Gasteiger partial charge >= 0.3 is 0 Å². The smallest absolute Gasteiger partial charge is 0.144 e. The van der Waals surface area contributed by atoms with E-state index in [9.17, 15) is 4.21 Å². The van der Waals surface area contributed by atoms with Gasteiger partial charge in [0.15, 0.2) is 0 Å². The summed E-state index contributed by atoms with van der Waals surface area (Å²) >= 11 is 0. The van der Waals surface area contributed by atoms with Crippen molar-refractivity contribution in [1.29, 1.82) is 5.26 Å². The third-order valence-corrected chi connectivity index (χ3v) is 2.62. The molecule has 0 bridgehead atoms. The highest BCUT2D eigenvalue weighted by Gasteiger charge is 2.03. The van der Waals surface area contributed by atoms with E-state index in [4.69, 9.17) is 5.26 Å². The zero-order valence-corrected chi connectivity index (χ0v) is 9.60. The van der Waals surface area contributed by atoms with Gasteiger partial charge in [0.05, 0.1) is 5.56 Å². The molecule has 0 fully saturated rings. The van der Waals surface area contributed by atoms with E-state index in [1.165, 1.54) is 0 Å². The topological polar surface area (TPSA) is 65.8 Å². The lowest BCUT2D eigenvalue weighted by atomic mass is 10.2. The molecule has 0 saturated carbocycles. The third kappa shape index (κ3) is 3.68. The molecule has 0 aliphatic heterocycles. The normalized spacial score (nSPS) is 11.8. The first-order valence-electron chi connectivity index (χ1n) is 4.55. The molecule has 1 aromatic rings. The van der Waals surface area contributed by atoms with Crippen LogP contribution < -0.4 is 5.32 Å². The number of nitriles is 1. The van der Waals surface area contributed by atoms with E-state index in [1.54, 1.807) is 18.4 Å². The number of nitrogens with zero attached hydrogens (tertiary/aromatic N) is 2. The number of pyridine rings is 1. The summed E-state index contributed by atoms with van der Waals surface area (Å²) in [6, 6.07) is 5.58. The van der Waals surface area contributed by atoms with Crippen LogP contribution in [0.25, 0.3) is 0 Å². The minimum Gasteiger partial charge on any atom is -0.368 e. The van der Waals surface area contributed by atoms with Gasteiger partial charge in [0.2, 0.25) is 0 Å². The fourth-order valence-electron chi connectivity index (χ4n) is 1.09. The maximum absolute atomic E-state index is 10.8. The molecule has 0 saturated heterocycles. The molecule has 1 atom stereocenters. The summed E-state index contributed by atoms with van der Waals surface area (Å²) in [6.07, 6.45) is 1.65. The lowest BCUT2D eigenvalue weighted by molar-refractivity contribution is 0.687. The van der Waals surface area contributed by atoms with Crippen LogP contribution in [0.1, 0.15) is 11.3 Å². The van der Waals surface area contributed by atoms with Crippen molar-refractivity contribution in [2.24, 2.45) is 0 Å². The van der Waals surface area contributed by atoms with Crippen LogP contribution in [0.5, 0.6) is 0 Å². The molecule has 1 unspecified atom stereocenters. The van der Waals surface area contributed by atoms with Crippen LogP contribution in [0.4, 0.5) is 5.82 Å². The van der Waals surface area contributed by atoms with Crippen molar-refractivity contribution in [3.63, 3.8) is 0 Å². The molecule has 1 rings (SSSR count). The summed E-state index contributed by atoms with van der Waals surface area (Å²) in [5, 5.41) is 11.8. The Balaban J connectivity index is 2.71. The number of nitrogens with one attached hydrogen (secondary N) is 1. The molecule has 5 heteroatoms. The maximum atomic E-state index is 10.8. The van der Waals surface area contributed by atoms with Crippen molar-refractivity contribution in [1.82, 2.24) is 4.98 Å². The Hall–Kier alpha value is -1.41. The van der Waals surface area contributed by atoms with Crippen molar-refractivity contribution >= 4 is 16.6 Å². The Morgan fingerprint density at radius 3 is 2.93 bits per heavy atom. The van der Waals surface area contributed by atoms with Crippen LogP contribution in [-0.4, -0.2) is 27.7 Å². The lowest BCUT2D eigenvalue weighted by Crippen LogP contribution is -2.12. The largest absolute Gasteiger partial charge is 0.368 e. The van der Waals surface area contributed by atoms with Crippen LogP contribution in [0, 0.1) is 18.3 Å². The van der Waals surface area contributed by atoms with E-state index in [1.807, 2.05) is 6.92 Å². The molecule has 0 aliphatic rings.